The van der Waals surface area contributed by atoms with Crippen molar-refractivity contribution in [3.63, 3.8) is 0 Å². The predicted octanol–water partition coefficient (Wildman–Crippen LogP) is 6.23. The first-order valence-electron chi connectivity index (χ1n) is 9.94. The summed E-state index contributed by atoms with van der Waals surface area (Å²) >= 11 is 1.80. The monoisotopic (exact) mass is 428 g/mol. The van der Waals surface area contributed by atoms with Crippen LogP contribution >= 0.6 is 11.8 Å². The summed E-state index contributed by atoms with van der Waals surface area (Å²) in [5.74, 6) is 2.22. The second-order valence-corrected chi connectivity index (χ2v) is 8.19. The number of hydrogen-bond acceptors (Lipinski definition) is 5. The van der Waals surface area contributed by atoms with Gasteiger partial charge in [0.15, 0.2) is 0 Å². The number of nitrogens with zero attached hydrogens (tertiary/aromatic N) is 1. The molecule has 0 aliphatic heterocycles. The van der Waals surface area contributed by atoms with Crippen molar-refractivity contribution in [3.05, 3.63) is 102 Å². The largest absolute Gasteiger partial charge is 0.497 e. The Bertz CT molecular complexity index is 1080. The van der Waals surface area contributed by atoms with Crippen molar-refractivity contribution in [1.29, 1.82) is 0 Å². The number of benzene rings is 3. The fourth-order valence-corrected chi connectivity index (χ4v) is 4.49. The topological polar surface area (TPSA) is 57.4 Å². The van der Waals surface area contributed by atoms with Crippen LogP contribution in [0.4, 0.5) is 5.82 Å². The van der Waals surface area contributed by atoms with E-state index in [4.69, 9.17) is 15.2 Å². The van der Waals surface area contributed by atoms with Gasteiger partial charge in [0.2, 0.25) is 0 Å². The van der Waals surface area contributed by atoms with Crippen LogP contribution in [-0.4, -0.2) is 19.2 Å². The molecule has 0 bridgehead atoms. The molecule has 0 radical (unpaired) electrons. The fraction of sp³-hybridized carbons (Fsp3) is 0.115. The molecule has 4 rings (SSSR count). The Kier molecular flexibility index (Phi) is 6.43. The first-order valence-corrected chi connectivity index (χ1v) is 10.8. The zero-order valence-corrected chi connectivity index (χ0v) is 18.3. The van der Waals surface area contributed by atoms with Gasteiger partial charge in [-0.25, -0.2) is 4.98 Å². The molecule has 156 valence electrons. The van der Waals surface area contributed by atoms with Crippen LogP contribution in [0, 0.1) is 0 Å². The average molecular weight is 429 g/mol. The van der Waals surface area contributed by atoms with Crippen molar-refractivity contribution >= 4 is 17.6 Å². The predicted molar refractivity (Wildman–Crippen MR) is 128 cm³/mol. The third-order valence-corrected chi connectivity index (χ3v) is 6.34. The second-order valence-electron chi connectivity index (χ2n) is 7.02. The van der Waals surface area contributed by atoms with Gasteiger partial charge in [-0.05, 0) is 59.7 Å². The first-order chi connectivity index (χ1) is 15.2. The van der Waals surface area contributed by atoms with Crippen molar-refractivity contribution in [2.45, 2.75) is 10.1 Å². The smallest absolute Gasteiger partial charge is 0.124 e. The van der Waals surface area contributed by atoms with Gasteiger partial charge in [0.1, 0.15) is 17.3 Å². The minimum atomic E-state index is 0.133. The van der Waals surface area contributed by atoms with Crippen LogP contribution in [0.3, 0.4) is 0 Å². The Labute approximate surface area is 187 Å². The Balaban J connectivity index is 1.63. The van der Waals surface area contributed by atoms with E-state index < -0.39 is 0 Å². The van der Waals surface area contributed by atoms with Crippen molar-refractivity contribution in [2.75, 3.05) is 20.0 Å². The third-order valence-electron chi connectivity index (χ3n) is 5.01. The molecule has 4 nitrogen and oxygen atoms in total. The summed E-state index contributed by atoms with van der Waals surface area (Å²) in [5, 5.41) is 0.133. The van der Waals surface area contributed by atoms with Gasteiger partial charge in [-0.2, -0.15) is 0 Å². The van der Waals surface area contributed by atoms with E-state index in [0.717, 1.165) is 22.8 Å². The highest BCUT2D eigenvalue weighted by atomic mass is 32.2. The molecule has 0 fully saturated rings. The molecule has 0 saturated heterocycles. The van der Waals surface area contributed by atoms with Crippen molar-refractivity contribution in [2.24, 2.45) is 0 Å². The molecule has 0 aliphatic carbocycles. The van der Waals surface area contributed by atoms with Crippen LogP contribution in [0.25, 0.3) is 11.3 Å². The molecule has 0 atom stereocenters. The lowest BCUT2D eigenvalue weighted by molar-refractivity contribution is 0.414. The maximum absolute atomic E-state index is 5.83. The number of rotatable bonds is 7. The van der Waals surface area contributed by atoms with Gasteiger partial charge in [0.05, 0.1) is 25.2 Å². The Morgan fingerprint density at radius 3 is 1.74 bits per heavy atom. The third kappa shape index (κ3) is 5.01. The van der Waals surface area contributed by atoms with E-state index in [0.29, 0.717) is 5.82 Å². The number of thioether (sulfide) groups is 1. The Morgan fingerprint density at radius 1 is 0.710 bits per heavy atom. The van der Waals surface area contributed by atoms with E-state index >= 15 is 0 Å². The zero-order chi connectivity index (χ0) is 21.6. The van der Waals surface area contributed by atoms with Gasteiger partial charge in [-0.1, -0.05) is 42.5 Å². The molecule has 2 N–H and O–H groups in total. The molecule has 0 aliphatic rings. The lowest BCUT2D eigenvalue weighted by atomic mass is 10.0. The summed E-state index contributed by atoms with van der Waals surface area (Å²) in [5.41, 5.74) is 10.2. The molecule has 1 aromatic heterocycles. The number of hydrogen-bond donors (Lipinski definition) is 1. The lowest BCUT2D eigenvalue weighted by Crippen LogP contribution is -1.98. The maximum atomic E-state index is 5.83. The lowest BCUT2D eigenvalue weighted by Gasteiger charge is -2.19. The number of aromatic nitrogens is 1. The van der Waals surface area contributed by atoms with Crippen molar-refractivity contribution in [3.8, 4) is 22.8 Å². The van der Waals surface area contributed by atoms with Crippen LogP contribution in [0.15, 0.2) is 95.9 Å². The van der Waals surface area contributed by atoms with E-state index in [2.05, 4.69) is 53.5 Å². The molecule has 1 heterocycles. The van der Waals surface area contributed by atoms with Gasteiger partial charge in [-0.15, -0.1) is 11.8 Å². The van der Waals surface area contributed by atoms with Gasteiger partial charge in [0.25, 0.3) is 0 Å². The molecular weight excluding hydrogens is 404 g/mol. The molecule has 31 heavy (non-hydrogen) atoms. The highest BCUT2D eigenvalue weighted by Gasteiger charge is 2.16. The van der Waals surface area contributed by atoms with Crippen molar-refractivity contribution in [1.82, 2.24) is 4.98 Å². The van der Waals surface area contributed by atoms with Crippen LogP contribution in [0.5, 0.6) is 11.5 Å². The normalized spacial score (nSPS) is 10.8. The van der Waals surface area contributed by atoms with Crippen LogP contribution in [-0.2, 0) is 0 Å². The molecule has 0 spiro atoms. The van der Waals surface area contributed by atoms with Gasteiger partial charge >= 0.3 is 0 Å². The van der Waals surface area contributed by atoms with Crippen molar-refractivity contribution < 1.29 is 9.47 Å². The summed E-state index contributed by atoms with van der Waals surface area (Å²) in [6.45, 7) is 0. The van der Waals surface area contributed by atoms with Crippen LogP contribution in [0.1, 0.15) is 16.4 Å². The molecule has 0 saturated carbocycles. The summed E-state index contributed by atoms with van der Waals surface area (Å²) in [4.78, 5) is 5.58. The van der Waals surface area contributed by atoms with Crippen LogP contribution in [0.2, 0.25) is 0 Å². The quantitative estimate of drug-likeness (QED) is 0.354. The van der Waals surface area contributed by atoms with E-state index in [1.807, 2.05) is 36.4 Å². The van der Waals surface area contributed by atoms with Crippen LogP contribution < -0.4 is 15.2 Å². The molecule has 0 amide bonds. The number of ether oxygens (including phenoxy) is 2. The van der Waals surface area contributed by atoms with E-state index in [9.17, 15) is 0 Å². The molecule has 0 unspecified atom stereocenters. The maximum Gasteiger partial charge on any atom is 0.124 e. The number of pyridine rings is 1. The Morgan fingerprint density at radius 2 is 1.26 bits per heavy atom. The zero-order valence-electron chi connectivity index (χ0n) is 17.5. The highest BCUT2D eigenvalue weighted by molar-refractivity contribution is 7.99. The standard InChI is InChI=1S/C26H24N2O2S/c1-29-21-12-6-19(7-13-21)26(20-8-14-22(30-2)15-9-20)31-23-16-10-18(11-17-23)24-4-3-5-25(27)28-24/h3-17,26H,1-2H3,(H2,27,28). The minimum absolute atomic E-state index is 0.133. The van der Waals surface area contributed by atoms with E-state index in [1.165, 1.54) is 16.0 Å². The second kappa shape index (κ2) is 9.58. The molecule has 5 heteroatoms. The van der Waals surface area contributed by atoms with E-state index in [1.54, 1.807) is 32.0 Å². The number of methoxy groups -OCH3 is 2. The molecule has 3 aromatic carbocycles. The molecule has 4 aromatic rings. The van der Waals surface area contributed by atoms with Gasteiger partial charge in [-0.3, -0.25) is 0 Å². The fourth-order valence-electron chi connectivity index (χ4n) is 3.34. The number of nitrogens with two attached hydrogens (primary N) is 1. The molecular formula is C26H24N2O2S. The first kappa shape index (κ1) is 20.8. The summed E-state index contributed by atoms with van der Waals surface area (Å²) in [7, 11) is 3.36. The van der Waals surface area contributed by atoms with E-state index in [-0.39, 0.29) is 5.25 Å². The SMILES string of the molecule is COc1ccc(C(Sc2ccc(-c3cccc(N)n3)cc2)c2ccc(OC)cc2)cc1. The van der Waals surface area contributed by atoms with Gasteiger partial charge in [0, 0.05) is 10.5 Å². The average Bonchev–Trinajstić information content (AvgIpc) is 2.83. The summed E-state index contributed by atoms with van der Waals surface area (Å²) < 4.78 is 10.7. The number of nitrogen functional groups attached to an aromatic ring is 1. The summed E-state index contributed by atoms with van der Waals surface area (Å²) in [6.07, 6.45) is 0. The summed E-state index contributed by atoms with van der Waals surface area (Å²) in [6, 6.07) is 30.6. The highest BCUT2D eigenvalue weighted by Crippen LogP contribution is 2.41. The number of anilines is 1. The minimum Gasteiger partial charge on any atom is -0.497 e. The van der Waals surface area contributed by atoms with Gasteiger partial charge < -0.3 is 15.2 Å². The Hall–Kier alpha value is -3.44.